The number of carbonyl (C=O) groups excluding carboxylic acids is 2. The summed E-state index contributed by atoms with van der Waals surface area (Å²) in [6.45, 7) is 6.61. The minimum absolute atomic E-state index is 0.218. The highest BCUT2D eigenvalue weighted by Crippen LogP contribution is 2.31. The van der Waals surface area contributed by atoms with Crippen LogP contribution in [0.3, 0.4) is 0 Å². The first-order valence-corrected chi connectivity index (χ1v) is 12.7. The zero-order valence-corrected chi connectivity index (χ0v) is 21.8. The topological polar surface area (TPSA) is 154 Å². The van der Waals surface area contributed by atoms with E-state index in [2.05, 4.69) is 40.0 Å². The van der Waals surface area contributed by atoms with Crippen LogP contribution in [-0.2, 0) is 19.8 Å². The lowest BCUT2D eigenvalue weighted by Crippen LogP contribution is -2.45. The highest BCUT2D eigenvalue weighted by Gasteiger charge is 2.29. The van der Waals surface area contributed by atoms with E-state index >= 15 is 0 Å². The second-order valence-corrected chi connectivity index (χ2v) is 10.3. The minimum atomic E-state index is -1.82. The maximum absolute atomic E-state index is 13.4. The van der Waals surface area contributed by atoms with Crippen molar-refractivity contribution in [1.29, 1.82) is 0 Å². The summed E-state index contributed by atoms with van der Waals surface area (Å²) in [5.74, 6) is -3.27. The van der Waals surface area contributed by atoms with Crippen LogP contribution in [0, 0.1) is 11.6 Å². The van der Waals surface area contributed by atoms with Crippen molar-refractivity contribution in [3.63, 3.8) is 0 Å². The molecule has 1 fully saturated rings. The number of halogens is 2. The summed E-state index contributed by atoms with van der Waals surface area (Å²) in [6, 6.07) is 2.04. The summed E-state index contributed by atoms with van der Waals surface area (Å²) < 4.78 is 26.9. The number of aromatic nitrogens is 2. The van der Waals surface area contributed by atoms with Gasteiger partial charge in [0, 0.05) is 17.5 Å². The van der Waals surface area contributed by atoms with Crippen molar-refractivity contribution in [2.75, 3.05) is 11.9 Å². The Labute approximate surface area is 217 Å². The summed E-state index contributed by atoms with van der Waals surface area (Å²) in [6.07, 6.45) is 2.37. The van der Waals surface area contributed by atoms with Crippen LogP contribution in [0.4, 0.5) is 13.9 Å². The molecule has 2 unspecified atom stereocenters. The smallest absolute Gasteiger partial charge is 0.290 e. The van der Waals surface area contributed by atoms with Gasteiger partial charge in [-0.25, -0.2) is 8.78 Å². The molecule has 0 spiro atoms. The minimum Gasteiger partial charge on any atom is -0.483 e. The third-order valence-electron chi connectivity index (χ3n) is 5.65. The van der Waals surface area contributed by atoms with Gasteiger partial charge < -0.3 is 20.8 Å². The number of hydrogen-bond donors (Lipinski definition) is 5. The molecule has 37 heavy (non-hydrogen) atoms. The molecule has 5 N–H and O–H groups in total. The normalized spacial score (nSPS) is 14.6. The van der Waals surface area contributed by atoms with Gasteiger partial charge in [-0.1, -0.05) is 38.5 Å². The third kappa shape index (κ3) is 9.74. The highest BCUT2D eigenvalue weighted by molar-refractivity contribution is 7.15. The molecule has 0 radical (unpaired) electrons. The molecule has 1 aromatic carbocycles. The number of carbonyl (C=O) groups is 3. The molecule has 2 amide bonds. The average Bonchev–Trinajstić information content (AvgIpc) is 3.52. The van der Waals surface area contributed by atoms with Crippen molar-refractivity contribution in [3.05, 3.63) is 40.4 Å². The van der Waals surface area contributed by atoms with Crippen LogP contribution in [-0.4, -0.2) is 57.3 Å². The molecule has 0 aliphatic heterocycles. The number of anilines is 1. The number of hydrogen-bond acceptors (Lipinski definition) is 8. The molecular weight excluding hydrogens is 508 g/mol. The fourth-order valence-electron chi connectivity index (χ4n) is 3.42. The number of aliphatic hydroxyl groups is 1. The predicted molar refractivity (Wildman–Crippen MR) is 134 cm³/mol. The fraction of sp³-hybridized carbons (Fsp3) is 0.542. The van der Waals surface area contributed by atoms with E-state index in [1.54, 1.807) is 0 Å². The van der Waals surface area contributed by atoms with E-state index in [1.807, 2.05) is 6.92 Å². The van der Waals surface area contributed by atoms with Crippen LogP contribution in [0.1, 0.15) is 69.6 Å². The number of amides is 2. The zero-order valence-electron chi connectivity index (χ0n) is 21.0. The van der Waals surface area contributed by atoms with Gasteiger partial charge in [-0.05, 0) is 49.9 Å². The molecule has 13 heteroatoms. The summed E-state index contributed by atoms with van der Waals surface area (Å²) in [4.78, 5) is 33.7. The summed E-state index contributed by atoms with van der Waals surface area (Å²) in [5.41, 5.74) is -0.456. The highest BCUT2D eigenvalue weighted by atomic mass is 32.1. The largest absolute Gasteiger partial charge is 0.483 e. The van der Waals surface area contributed by atoms with Crippen LogP contribution in [0.25, 0.3) is 0 Å². The number of aliphatic hydroxyl groups excluding tert-OH is 1. The number of rotatable bonds is 12. The number of nitrogens with one attached hydrogen (secondary N) is 3. The number of benzene rings is 1. The van der Waals surface area contributed by atoms with E-state index in [9.17, 15) is 23.5 Å². The molecular formula is C24H33F2N5O5S. The Morgan fingerprint density at radius 3 is 2.38 bits per heavy atom. The van der Waals surface area contributed by atoms with E-state index in [0.29, 0.717) is 30.1 Å². The van der Waals surface area contributed by atoms with Gasteiger partial charge in [0.25, 0.3) is 12.4 Å². The molecule has 0 saturated heterocycles. The SMILES string of the molecule is CCCC(NC(=O)C(O)c1cc(F)cc(F)c1)C(=O)Nc1nnc(C(C)(C)CCNC2CC2)s1.O=CO. The van der Waals surface area contributed by atoms with Crippen LogP contribution in [0.5, 0.6) is 0 Å². The van der Waals surface area contributed by atoms with Crippen molar-refractivity contribution >= 4 is 34.8 Å². The maximum Gasteiger partial charge on any atom is 0.290 e. The first-order chi connectivity index (χ1) is 17.5. The van der Waals surface area contributed by atoms with Gasteiger partial charge in [-0.2, -0.15) is 0 Å². The van der Waals surface area contributed by atoms with Gasteiger partial charge in [-0.15, -0.1) is 10.2 Å². The lowest BCUT2D eigenvalue weighted by Gasteiger charge is -2.21. The molecule has 1 aliphatic carbocycles. The second kappa shape index (κ2) is 14.1. The molecule has 10 nitrogen and oxygen atoms in total. The predicted octanol–water partition coefficient (Wildman–Crippen LogP) is 2.89. The Morgan fingerprint density at radius 1 is 1.19 bits per heavy atom. The summed E-state index contributed by atoms with van der Waals surface area (Å²) in [5, 5.41) is 35.1. The van der Waals surface area contributed by atoms with Crippen molar-refractivity contribution in [2.24, 2.45) is 0 Å². The summed E-state index contributed by atoms with van der Waals surface area (Å²) in [7, 11) is 0. The Bertz CT molecular complexity index is 1040. The Balaban J connectivity index is 0.00000153. The third-order valence-corrected chi connectivity index (χ3v) is 6.86. The quantitative estimate of drug-likeness (QED) is 0.257. The van der Waals surface area contributed by atoms with Gasteiger partial charge in [-0.3, -0.25) is 19.7 Å². The molecule has 2 aromatic rings. The Morgan fingerprint density at radius 2 is 1.81 bits per heavy atom. The molecule has 1 aromatic heterocycles. The van der Waals surface area contributed by atoms with Crippen LogP contribution in [0.2, 0.25) is 0 Å². The van der Waals surface area contributed by atoms with Crippen molar-refractivity contribution in [1.82, 2.24) is 20.8 Å². The van der Waals surface area contributed by atoms with Crippen LogP contribution in [0.15, 0.2) is 18.2 Å². The van der Waals surface area contributed by atoms with Crippen molar-refractivity contribution < 1.29 is 33.4 Å². The first-order valence-electron chi connectivity index (χ1n) is 11.9. The van der Waals surface area contributed by atoms with E-state index in [0.717, 1.165) is 30.1 Å². The standard InChI is InChI=1S/C23H31F2N5O3S.CH2O2/c1-4-5-17(27-20(33)18(31)13-10-14(24)12-15(25)11-13)19(32)28-22-30-29-21(34-22)23(2,3)8-9-26-16-6-7-16;2-1-3/h10-12,16-18,26,31H,4-9H2,1-3H3,(H,27,33)(H,28,30,32);1H,(H,2,3). The van der Waals surface area contributed by atoms with Gasteiger partial charge >= 0.3 is 0 Å². The monoisotopic (exact) mass is 541 g/mol. The van der Waals surface area contributed by atoms with E-state index in [-0.39, 0.29) is 17.5 Å². The first kappa shape index (κ1) is 30.2. The molecule has 1 heterocycles. The molecule has 2 atom stereocenters. The summed E-state index contributed by atoms with van der Waals surface area (Å²) >= 11 is 1.28. The number of carboxylic acid groups (broad SMARTS) is 1. The van der Waals surface area contributed by atoms with Crippen LogP contribution < -0.4 is 16.0 Å². The molecule has 0 bridgehead atoms. The molecule has 1 saturated carbocycles. The van der Waals surface area contributed by atoms with Gasteiger partial charge in [0.1, 0.15) is 22.7 Å². The Kier molecular flexibility index (Phi) is 11.5. The van der Waals surface area contributed by atoms with Gasteiger partial charge in [0.2, 0.25) is 11.0 Å². The Hall–Kier alpha value is -3.03. The molecule has 3 rings (SSSR count). The molecule has 204 valence electrons. The lowest BCUT2D eigenvalue weighted by atomic mass is 9.90. The van der Waals surface area contributed by atoms with Crippen LogP contribution >= 0.6 is 11.3 Å². The van der Waals surface area contributed by atoms with Gasteiger partial charge in [0.05, 0.1) is 0 Å². The average molecular weight is 542 g/mol. The fourth-order valence-corrected chi connectivity index (χ4v) is 4.29. The zero-order chi connectivity index (χ0) is 27.6. The van der Waals surface area contributed by atoms with Gasteiger partial charge in [0.15, 0.2) is 6.10 Å². The molecule has 1 aliphatic rings. The van der Waals surface area contributed by atoms with Crippen molar-refractivity contribution in [3.8, 4) is 0 Å². The number of nitrogens with zero attached hydrogens (tertiary/aromatic N) is 2. The van der Waals surface area contributed by atoms with E-state index < -0.39 is 35.6 Å². The van der Waals surface area contributed by atoms with Crippen molar-refractivity contribution in [2.45, 2.75) is 76.5 Å². The second-order valence-electron chi connectivity index (χ2n) is 9.32. The van der Waals surface area contributed by atoms with E-state index in [1.165, 1.54) is 24.2 Å². The maximum atomic E-state index is 13.4. The lowest BCUT2D eigenvalue weighted by molar-refractivity contribution is -0.133. The van der Waals surface area contributed by atoms with E-state index in [4.69, 9.17) is 9.90 Å².